The smallest absolute Gasteiger partial charge is 0.237 e. The number of rotatable bonds is 5. The van der Waals surface area contributed by atoms with Gasteiger partial charge in [-0.15, -0.1) is 0 Å². The van der Waals surface area contributed by atoms with Gasteiger partial charge in [0.25, 0.3) is 0 Å². The number of nitrogens with one attached hydrogen (secondary N) is 1. The Morgan fingerprint density at radius 2 is 1.92 bits per heavy atom. The van der Waals surface area contributed by atoms with Gasteiger partial charge in [-0.25, -0.2) is 4.98 Å². The van der Waals surface area contributed by atoms with Crippen LogP contribution in [0.2, 0.25) is 0 Å². The summed E-state index contributed by atoms with van der Waals surface area (Å²) in [6.07, 6.45) is 6.76. The van der Waals surface area contributed by atoms with E-state index in [1.807, 2.05) is 13.1 Å². The number of likely N-dealkylation sites (tertiary alicyclic amines) is 1. The first kappa shape index (κ1) is 17.2. The van der Waals surface area contributed by atoms with Crippen molar-refractivity contribution in [3.8, 4) is 0 Å². The van der Waals surface area contributed by atoms with E-state index in [1.54, 1.807) is 0 Å². The third-order valence-electron chi connectivity index (χ3n) is 5.55. The number of pyridine rings is 1. The van der Waals surface area contributed by atoms with Gasteiger partial charge in [-0.1, -0.05) is 6.07 Å². The zero-order valence-corrected chi connectivity index (χ0v) is 15.2. The fraction of sp³-hybridized carbons (Fsp3) is 0.684. The summed E-state index contributed by atoms with van der Waals surface area (Å²) in [6, 6.07) is 5.05. The van der Waals surface area contributed by atoms with E-state index < -0.39 is 0 Å². The fourth-order valence-corrected chi connectivity index (χ4v) is 4.11. The summed E-state index contributed by atoms with van der Waals surface area (Å²) in [6.45, 7) is 9.21. The van der Waals surface area contributed by atoms with Gasteiger partial charge < -0.3 is 10.2 Å². The highest BCUT2D eigenvalue weighted by Crippen LogP contribution is 2.26. The van der Waals surface area contributed by atoms with Crippen molar-refractivity contribution in [1.29, 1.82) is 0 Å². The number of anilines is 1. The molecule has 0 bridgehead atoms. The van der Waals surface area contributed by atoms with Crippen LogP contribution in [0.25, 0.3) is 0 Å². The predicted molar refractivity (Wildman–Crippen MR) is 97.0 cm³/mol. The van der Waals surface area contributed by atoms with Crippen LogP contribution in [0.3, 0.4) is 0 Å². The molecule has 1 amide bonds. The normalized spacial score (nSPS) is 25.9. The quantitative estimate of drug-likeness (QED) is 0.901. The van der Waals surface area contributed by atoms with Gasteiger partial charge in [-0.05, 0) is 58.1 Å². The molecule has 0 unspecified atom stereocenters. The molecule has 0 radical (unpaired) electrons. The number of nitrogens with zero attached hydrogens (tertiary/aromatic N) is 3. The second kappa shape index (κ2) is 7.51. The van der Waals surface area contributed by atoms with E-state index in [9.17, 15) is 4.79 Å². The maximum Gasteiger partial charge on any atom is 0.237 e. The summed E-state index contributed by atoms with van der Waals surface area (Å²) in [4.78, 5) is 21.7. The minimum absolute atomic E-state index is 0.0747. The molecule has 0 saturated carbocycles. The van der Waals surface area contributed by atoms with Gasteiger partial charge in [0.15, 0.2) is 0 Å². The first-order valence-electron chi connectivity index (χ1n) is 9.31. The van der Waals surface area contributed by atoms with Crippen LogP contribution in [-0.4, -0.2) is 47.0 Å². The summed E-state index contributed by atoms with van der Waals surface area (Å²) < 4.78 is 0. The highest BCUT2D eigenvalue weighted by atomic mass is 16.2. The number of carbonyl (C=O) groups is 1. The zero-order valence-electron chi connectivity index (χ0n) is 15.2. The summed E-state index contributed by atoms with van der Waals surface area (Å²) >= 11 is 0. The molecule has 0 spiro atoms. The molecule has 5 heteroatoms. The van der Waals surface area contributed by atoms with Crippen LogP contribution in [0, 0.1) is 0 Å². The van der Waals surface area contributed by atoms with Gasteiger partial charge in [0.2, 0.25) is 5.91 Å². The van der Waals surface area contributed by atoms with Gasteiger partial charge in [-0.3, -0.25) is 9.69 Å². The molecule has 0 aromatic carbocycles. The van der Waals surface area contributed by atoms with E-state index in [0.29, 0.717) is 18.6 Å². The Kier molecular flexibility index (Phi) is 5.39. The Labute approximate surface area is 145 Å². The number of amides is 1. The maximum absolute atomic E-state index is 12.5. The highest BCUT2D eigenvalue weighted by Gasteiger charge is 2.34. The average molecular weight is 330 g/mol. The van der Waals surface area contributed by atoms with Crippen molar-refractivity contribution in [1.82, 2.24) is 15.2 Å². The lowest BCUT2D eigenvalue weighted by atomic mass is 10.2. The Morgan fingerprint density at radius 1 is 1.25 bits per heavy atom. The van der Waals surface area contributed by atoms with Crippen LogP contribution < -0.4 is 10.2 Å². The molecular weight excluding hydrogens is 300 g/mol. The lowest BCUT2D eigenvalue weighted by molar-refractivity contribution is -0.127. The number of hydrogen-bond acceptors (Lipinski definition) is 4. The van der Waals surface area contributed by atoms with Crippen LogP contribution in [0.4, 0.5) is 5.82 Å². The minimum atomic E-state index is -0.0747. The molecule has 2 aliphatic rings. The molecule has 2 fully saturated rings. The summed E-state index contributed by atoms with van der Waals surface area (Å²) in [5.74, 6) is 1.16. The number of carbonyl (C=O) groups excluding carboxylic acids is 1. The van der Waals surface area contributed by atoms with Crippen molar-refractivity contribution in [3.63, 3.8) is 0 Å². The molecule has 3 heterocycles. The molecule has 5 nitrogen and oxygen atoms in total. The maximum atomic E-state index is 12.5. The van der Waals surface area contributed by atoms with Crippen molar-refractivity contribution in [2.24, 2.45) is 0 Å². The number of aromatic nitrogens is 1. The lowest BCUT2D eigenvalue weighted by Crippen LogP contribution is -2.48. The van der Waals surface area contributed by atoms with Crippen molar-refractivity contribution in [3.05, 3.63) is 23.9 Å². The topological polar surface area (TPSA) is 48.5 Å². The van der Waals surface area contributed by atoms with E-state index in [-0.39, 0.29) is 11.9 Å². The summed E-state index contributed by atoms with van der Waals surface area (Å²) in [5, 5.41) is 3.07. The zero-order chi connectivity index (χ0) is 17.1. The first-order chi connectivity index (χ1) is 11.6. The molecule has 24 heavy (non-hydrogen) atoms. The van der Waals surface area contributed by atoms with Crippen LogP contribution in [0.15, 0.2) is 18.3 Å². The molecule has 3 atom stereocenters. The molecule has 2 saturated heterocycles. The van der Waals surface area contributed by atoms with Crippen molar-refractivity contribution in [2.75, 3.05) is 18.0 Å². The fourth-order valence-electron chi connectivity index (χ4n) is 4.11. The molecule has 0 aliphatic carbocycles. The third-order valence-corrected chi connectivity index (χ3v) is 5.55. The van der Waals surface area contributed by atoms with Crippen LogP contribution in [0.5, 0.6) is 0 Å². The monoisotopic (exact) mass is 330 g/mol. The molecule has 132 valence electrons. The van der Waals surface area contributed by atoms with E-state index in [0.717, 1.165) is 24.5 Å². The third kappa shape index (κ3) is 3.72. The second-order valence-electron chi connectivity index (χ2n) is 7.34. The SMILES string of the molecule is C[C@@H]1CC[C@@H](C)N1[C@@H](C)C(=O)NCc1ccc(N2CCCC2)nc1. The van der Waals surface area contributed by atoms with Crippen LogP contribution >= 0.6 is 0 Å². The number of hydrogen-bond donors (Lipinski definition) is 1. The van der Waals surface area contributed by atoms with Gasteiger partial charge in [-0.2, -0.15) is 0 Å². The van der Waals surface area contributed by atoms with Gasteiger partial charge in [0.05, 0.1) is 6.04 Å². The van der Waals surface area contributed by atoms with Gasteiger partial charge >= 0.3 is 0 Å². The molecule has 3 rings (SSSR count). The Morgan fingerprint density at radius 3 is 2.50 bits per heavy atom. The second-order valence-corrected chi connectivity index (χ2v) is 7.34. The Bertz CT molecular complexity index is 543. The van der Waals surface area contributed by atoms with Crippen LogP contribution in [0.1, 0.15) is 52.0 Å². The summed E-state index contributed by atoms with van der Waals surface area (Å²) in [7, 11) is 0. The van der Waals surface area contributed by atoms with Gasteiger partial charge in [0, 0.05) is 37.9 Å². The lowest BCUT2D eigenvalue weighted by Gasteiger charge is -2.31. The van der Waals surface area contributed by atoms with E-state index in [2.05, 4.69) is 46.1 Å². The van der Waals surface area contributed by atoms with Crippen molar-refractivity contribution < 1.29 is 4.79 Å². The molecular formula is C19H30N4O. The van der Waals surface area contributed by atoms with Crippen LogP contribution in [-0.2, 0) is 11.3 Å². The summed E-state index contributed by atoms with van der Waals surface area (Å²) in [5.41, 5.74) is 1.06. The van der Waals surface area contributed by atoms with Crippen molar-refractivity contribution >= 4 is 11.7 Å². The largest absolute Gasteiger partial charge is 0.357 e. The van der Waals surface area contributed by atoms with E-state index >= 15 is 0 Å². The molecule has 1 N–H and O–H groups in total. The average Bonchev–Trinajstić information content (AvgIpc) is 3.23. The highest BCUT2D eigenvalue weighted by molar-refractivity contribution is 5.81. The predicted octanol–water partition coefficient (Wildman–Crippen LogP) is 2.56. The van der Waals surface area contributed by atoms with E-state index in [1.165, 1.54) is 25.7 Å². The van der Waals surface area contributed by atoms with E-state index in [4.69, 9.17) is 0 Å². The molecule has 2 aliphatic heterocycles. The van der Waals surface area contributed by atoms with Gasteiger partial charge in [0.1, 0.15) is 5.82 Å². The minimum Gasteiger partial charge on any atom is -0.357 e. The Hall–Kier alpha value is -1.62. The Balaban J connectivity index is 1.52. The standard InChI is InChI=1S/C19H30N4O/c1-14-6-7-15(2)23(14)16(3)19(24)21-13-17-8-9-18(20-12-17)22-10-4-5-11-22/h8-9,12,14-16H,4-7,10-11,13H2,1-3H3,(H,21,24)/t14-,15-,16+/m1/s1. The molecule has 1 aromatic rings. The molecule has 1 aromatic heterocycles. The van der Waals surface area contributed by atoms with Crippen molar-refractivity contribution in [2.45, 2.75) is 71.1 Å². The first-order valence-corrected chi connectivity index (χ1v) is 9.31.